The molecule has 0 spiro atoms. The van der Waals surface area contributed by atoms with Crippen LogP contribution in [-0.4, -0.2) is 18.9 Å². The van der Waals surface area contributed by atoms with Gasteiger partial charge in [0.1, 0.15) is 5.75 Å². The first-order valence-electron chi connectivity index (χ1n) is 8.47. The van der Waals surface area contributed by atoms with Crippen LogP contribution in [0.1, 0.15) is 26.3 Å². The number of halogens is 2. The number of nitrogens with zero attached hydrogens (tertiary/aromatic N) is 1. The number of carbonyl (C=O) groups excluding carboxylic acids is 2. The van der Waals surface area contributed by atoms with E-state index >= 15 is 0 Å². The summed E-state index contributed by atoms with van der Waals surface area (Å²) in [6, 6.07) is 16.3. The summed E-state index contributed by atoms with van der Waals surface area (Å²) in [7, 11) is 1.64. The van der Waals surface area contributed by atoms with Gasteiger partial charge in [-0.05, 0) is 61.5 Å². The molecule has 0 aliphatic heterocycles. The number of anilines is 1. The van der Waals surface area contributed by atoms with E-state index in [9.17, 15) is 18.4 Å². The second-order valence-corrected chi connectivity index (χ2v) is 6.24. The molecule has 0 aromatic heterocycles. The average molecular weight is 381 g/mol. The van der Waals surface area contributed by atoms with Crippen molar-refractivity contribution in [3.05, 3.63) is 95.1 Å². The Morgan fingerprint density at radius 1 is 0.821 bits per heavy atom. The Hall–Kier alpha value is -3.54. The van der Waals surface area contributed by atoms with E-state index in [-0.39, 0.29) is 17.2 Å². The molecule has 4 nitrogen and oxygen atoms in total. The molecule has 0 bridgehead atoms. The largest absolute Gasteiger partial charge is 0.423 e. The van der Waals surface area contributed by atoms with Gasteiger partial charge in [0, 0.05) is 18.3 Å². The lowest BCUT2D eigenvalue weighted by Gasteiger charge is -2.18. The van der Waals surface area contributed by atoms with Crippen molar-refractivity contribution in [3.8, 4) is 5.75 Å². The predicted octanol–water partition coefficient (Wildman–Crippen LogP) is 4.77. The minimum Gasteiger partial charge on any atom is -0.423 e. The van der Waals surface area contributed by atoms with Crippen molar-refractivity contribution in [1.82, 2.24) is 0 Å². The molecule has 0 fully saturated rings. The summed E-state index contributed by atoms with van der Waals surface area (Å²) in [5.41, 5.74) is 2.13. The van der Waals surface area contributed by atoms with Gasteiger partial charge in [0.05, 0.1) is 5.56 Å². The molecule has 3 rings (SSSR count). The van der Waals surface area contributed by atoms with Gasteiger partial charge in [-0.15, -0.1) is 0 Å². The highest BCUT2D eigenvalue weighted by Crippen LogP contribution is 2.21. The Bertz CT molecular complexity index is 1010. The molecule has 0 saturated carbocycles. The van der Waals surface area contributed by atoms with E-state index in [1.807, 2.05) is 19.1 Å². The van der Waals surface area contributed by atoms with Gasteiger partial charge in [-0.25, -0.2) is 13.6 Å². The van der Waals surface area contributed by atoms with Crippen LogP contribution in [0.2, 0.25) is 0 Å². The zero-order valence-electron chi connectivity index (χ0n) is 15.3. The van der Waals surface area contributed by atoms with Crippen LogP contribution < -0.4 is 9.64 Å². The maximum absolute atomic E-state index is 13.2. The Morgan fingerprint density at radius 3 is 2.04 bits per heavy atom. The van der Waals surface area contributed by atoms with Gasteiger partial charge >= 0.3 is 5.97 Å². The van der Waals surface area contributed by atoms with Crippen LogP contribution in [0.25, 0.3) is 0 Å². The summed E-state index contributed by atoms with van der Waals surface area (Å²) in [5, 5.41) is 0. The number of rotatable bonds is 4. The number of carbonyl (C=O) groups is 2. The monoisotopic (exact) mass is 381 g/mol. The summed E-state index contributed by atoms with van der Waals surface area (Å²) in [5.74, 6) is -2.93. The van der Waals surface area contributed by atoms with Crippen LogP contribution in [0.5, 0.6) is 5.75 Å². The number of hydrogen-bond donors (Lipinski definition) is 0. The van der Waals surface area contributed by atoms with E-state index in [0.29, 0.717) is 11.3 Å². The van der Waals surface area contributed by atoms with Gasteiger partial charge in [0.2, 0.25) is 0 Å². The van der Waals surface area contributed by atoms with Gasteiger partial charge in [-0.3, -0.25) is 4.79 Å². The van der Waals surface area contributed by atoms with Crippen LogP contribution in [0.4, 0.5) is 14.5 Å². The third-order valence-electron chi connectivity index (χ3n) is 4.19. The molecule has 142 valence electrons. The summed E-state index contributed by atoms with van der Waals surface area (Å²) in [6.07, 6.45) is 0. The van der Waals surface area contributed by atoms with Crippen molar-refractivity contribution in [2.45, 2.75) is 6.92 Å². The van der Waals surface area contributed by atoms with Crippen LogP contribution in [0.15, 0.2) is 66.7 Å². The number of benzene rings is 3. The fourth-order valence-electron chi connectivity index (χ4n) is 2.53. The Labute approximate surface area is 161 Å². The topological polar surface area (TPSA) is 46.6 Å². The molecule has 0 heterocycles. The van der Waals surface area contributed by atoms with Crippen molar-refractivity contribution >= 4 is 17.6 Å². The quantitative estimate of drug-likeness (QED) is 0.483. The number of aryl methyl sites for hydroxylation is 1. The number of ether oxygens (including phenoxy) is 1. The standard InChI is InChI=1S/C22H17F2NO3/c1-14-3-5-15(6-4-14)21(26)25(2)17-8-10-18(11-9-17)28-22(27)16-7-12-19(23)20(24)13-16/h3-13H,1-2H3. The second-order valence-electron chi connectivity index (χ2n) is 6.24. The number of amides is 1. The summed E-state index contributed by atoms with van der Waals surface area (Å²) in [4.78, 5) is 26.1. The van der Waals surface area contributed by atoms with E-state index in [2.05, 4.69) is 0 Å². The molecule has 0 saturated heterocycles. The van der Waals surface area contributed by atoms with Crippen LogP contribution >= 0.6 is 0 Å². The fraction of sp³-hybridized carbons (Fsp3) is 0.0909. The summed E-state index contributed by atoms with van der Waals surface area (Å²) < 4.78 is 31.4. The molecule has 28 heavy (non-hydrogen) atoms. The minimum absolute atomic E-state index is 0.102. The first kappa shape index (κ1) is 19.2. The minimum atomic E-state index is -1.12. The highest BCUT2D eigenvalue weighted by Gasteiger charge is 2.15. The smallest absolute Gasteiger partial charge is 0.343 e. The van der Waals surface area contributed by atoms with E-state index in [1.54, 1.807) is 31.3 Å². The van der Waals surface area contributed by atoms with Crippen molar-refractivity contribution in [2.75, 3.05) is 11.9 Å². The number of esters is 1. The molecule has 3 aromatic rings. The lowest BCUT2D eigenvalue weighted by atomic mass is 10.1. The van der Waals surface area contributed by atoms with E-state index < -0.39 is 17.6 Å². The van der Waals surface area contributed by atoms with Crippen LogP contribution in [0, 0.1) is 18.6 Å². The van der Waals surface area contributed by atoms with E-state index in [1.165, 1.54) is 17.0 Å². The maximum atomic E-state index is 13.2. The van der Waals surface area contributed by atoms with Gasteiger partial charge in [0.25, 0.3) is 5.91 Å². The SMILES string of the molecule is Cc1ccc(C(=O)N(C)c2ccc(OC(=O)c3ccc(F)c(F)c3)cc2)cc1. The third kappa shape index (κ3) is 4.23. The zero-order valence-corrected chi connectivity index (χ0v) is 15.3. The van der Waals surface area contributed by atoms with Crippen molar-refractivity contribution in [3.63, 3.8) is 0 Å². The number of hydrogen-bond acceptors (Lipinski definition) is 3. The molecule has 1 amide bonds. The Morgan fingerprint density at radius 2 is 1.43 bits per heavy atom. The summed E-state index contributed by atoms with van der Waals surface area (Å²) >= 11 is 0. The Kier molecular flexibility index (Phi) is 5.49. The zero-order chi connectivity index (χ0) is 20.3. The summed E-state index contributed by atoms with van der Waals surface area (Å²) in [6.45, 7) is 1.94. The van der Waals surface area contributed by atoms with Gasteiger partial charge in [-0.1, -0.05) is 17.7 Å². The molecule has 0 aliphatic rings. The normalized spacial score (nSPS) is 10.4. The van der Waals surface area contributed by atoms with Crippen molar-refractivity contribution in [1.29, 1.82) is 0 Å². The molecular formula is C22H17F2NO3. The van der Waals surface area contributed by atoms with Crippen LogP contribution in [-0.2, 0) is 0 Å². The van der Waals surface area contributed by atoms with Crippen molar-refractivity contribution in [2.24, 2.45) is 0 Å². The van der Waals surface area contributed by atoms with Crippen LogP contribution in [0.3, 0.4) is 0 Å². The molecule has 6 heteroatoms. The lowest BCUT2D eigenvalue weighted by molar-refractivity contribution is 0.0733. The maximum Gasteiger partial charge on any atom is 0.343 e. The first-order valence-corrected chi connectivity index (χ1v) is 8.47. The second kappa shape index (κ2) is 8.00. The highest BCUT2D eigenvalue weighted by molar-refractivity contribution is 6.05. The van der Waals surface area contributed by atoms with Gasteiger partial charge in [-0.2, -0.15) is 0 Å². The Balaban J connectivity index is 1.70. The third-order valence-corrected chi connectivity index (χ3v) is 4.19. The predicted molar refractivity (Wildman–Crippen MR) is 102 cm³/mol. The molecule has 0 N–H and O–H groups in total. The first-order chi connectivity index (χ1) is 13.3. The molecular weight excluding hydrogens is 364 g/mol. The lowest BCUT2D eigenvalue weighted by Crippen LogP contribution is -2.26. The molecule has 0 atom stereocenters. The molecule has 3 aromatic carbocycles. The molecule has 0 radical (unpaired) electrons. The van der Waals surface area contributed by atoms with Crippen molar-refractivity contribution < 1.29 is 23.1 Å². The highest BCUT2D eigenvalue weighted by atomic mass is 19.2. The molecule has 0 aliphatic carbocycles. The van der Waals surface area contributed by atoms with E-state index in [4.69, 9.17) is 4.74 Å². The van der Waals surface area contributed by atoms with Gasteiger partial charge in [0.15, 0.2) is 11.6 Å². The average Bonchev–Trinajstić information content (AvgIpc) is 2.70. The fourth-order valence-corrected chi connectivity index (χ4v) is 2.53. The molecule has 0 unspecified atom stereocenters. The van der Waals surface area contributed by atoms with E-state index in [0.717, 1.165) is 23.8 Å². The van der Waals surface area contributed by atoms with Gasteiger partial charge < -0.3 is 9.64 Å².